The minimum absolute atomic E-state index is 0.115. The van der Waals surface area contributed by atoms with Gasteiger partial charge < -0.3 is 19.6 Å². The number of hydrogen-bond donors (Lipinski definition) is 0. The summed E-state index contributed by atoms with van der Waals surface area (Å²) in [6, 6.07) is 0. The Morgan fingerprint density at radius 1 is 0.324 bits per heavy atom. The molecule has 4 aliphatic rings. The lowest BCUT2D eigenvalue weighted by Crippen LogP contribution is -2.29. The molecule has 0 amide bonds. The normalized spacial score (nSPS) is 21.2. The molecule has 0 bridgehead atoms. The maximum absolute atomic E-state index is 16.4. The Morgan fingerprint density at radius 3 is 0.676 bits per heavy atom. The van der Waals surface area contributed by atoms with Crippen molar-refractivity contribution in [1.29, 1.82) is 0 Å². The summed E-state index contributed by atoms with van der Waals surface area (Å²) in [6.07, 6.45) is 7.02. The molecular weight excluding hydrogens is 444 g/mol. The first-order chi connectivity index (χ1) is 16.6. The third-order valence-electron chi connectivity index (χ3n) is 8.10. The van der Waals surface area contributed by atoms with Crippen LogP contribution in [0.5, 0.6) is 0 Å². The molecule has 0 N–H and O–H groups in total. The van der Waals surface area contributed by atoms with Gasteiger partial charge in [-0.15, -0.1) is 0 Å². The minimum Gasteiger partial charge on any atom is -0.367 e. The van der Waals surface area contributed by atoms with Crippen LogP contribution in [0.4, 0.5) is 40.3 Å². The smallest absolute Gasteiger partial charge is 0.159 e. The Labute approximate surface area is 198 Å². The number of rotatable bonds is 4. The van der Waals surface area contributed by atoms with Crippen molar-refractivity contribution in [3.05, 3.63) is 23.3 Å². The van der Waals surface area contributed by atoms with Gasteiger partial charge in [-0.2, -0.15) is 0 Å². The molecule has 4 nitrogen and oxygen atoms in total. The van der Waals surface area contributed by atoms with E-state index in [9.17, 15) is 0 Å². The molecule has 0 radical (unpaired) electrons. The first-order valence-electron chi connectivity index (χ1n) is 12.9. The van der Waals surface area contributed by atoms with E-state index in [-0.39, 0.29) is 22.7 Å². The zero-order valence-corrected chi connectivity index (χ0v) is 19.6. The maximum atomic E-state index is 16.4. The molecule has 2 aromatic rings. The van der Waals surface area contributed by atoms with Crippen LogP contribution in [0, 0.1) is 23.3 Å². The molecule has 184 valence electrons. The van der Waals surface area contributed by atoms with Gasteiger partial charge in [-0.1, -0.05) is 0 Å². The van der Waals surface area contributed by atoms with E-state index < -0.39 is 34.0 Å². The van der Waals surface area contributed by atoms with Crippen LogP contribution in [0.2, 0.25) is 0 Å². The van der Waals surface area contributed by atoms with E-state index in [1.807, 2.05) is 19.6 Å². The molecule has 4 fully saturated rings. The van der Waals surface area contributed by atoms with E-state index in [2.05, 4.69) is 0 Å². The van der Waals surface area contributed by atoms with E-state index in [0.29, 0.717) is 52.4 Å². The molecule has 4 saturated heterocycles. The van der Waals surface area contributed by atoms with Gasteiger partial charge in [0.2, 0.25) is 0 Å². The highest BCUT2D eigenvalue weighted by Crippen LogP contribution is 2.49. The summed E-state index contributed by atoms with van der Waals surface area (Å²) >= 11 is 0. The summed E-state index contributed by atoms with van der Waals surface area (Å²) in [4.78, 5) is 7.30. The quantitative estimate of drug-likeness (QED) is 0.518. The van der Waals surface area contributed by atoms with Crippen molar-refractivity contribution in [1.82, 2.24) is 0 Å². The number of fused-ring (bicyclic) bond motifs is 1. The van der Waals surface area contributed by atoms with E-state index in [1.165, 1.54) is 0 Å². The van der Waals surface area contributed by atoms with E-state index >= 15 is 17.6 Å². The predicted molar refractivity (Wildman–Crippen MR) is 130 cm³/mol. The summed E-state index contributed by atoms with van der Waals surface area (Å²) in [5.41, 5.74) is 0.459. The van der Waals surface area contributed by atoms with Crippen LogP contribution in [0.25, 0.3) is 10.8 Å². The lowest BCUT2D eigenvalue weighted by Gasteiger charge is -2.32. The van der Waals surface area contributed by atoms with Crippen LogP contribution in [0.1, 0.15) is 51.4 Å². The van der Waals surface area contributed by atoms with Crippen LogP contribution >= 0.6 is 0 Å². The van der Waals surface area contributed by atoms with E-state index in [4.69, 9.17) is 0 Å². The van der Waals surface area contributed by atoms with Crippen molar-refractivity contribution in [3.8, 4) is 0 Å². The van der Waals surface area contributed by atoms with Gasteiger partial charge in [0.05, 0.1) is 10.8 Å². The highest BCUT2D eigenvalue weighted by molar-refractivity contribution is 6.01. The third kappa shape index (κ3) is 3.31. The van der Waals surface area contributed by atoms with Crippen LogP contribution in [-0.4, -0.2) is 52.4 Å². The van der Waals surface area contributed by atoms with Crippen LogP contribution in [0.3, 0.4) is 0 Å². The number of benzene rings is 2. The molecular formula is C26H32F4N4. The SMILES string of the molecule is Fc1c(N2CCCC2)c(N2CCCC2)c(F)c2c(F)c(N3CCCC3)c(N3CCCC3)c(F)c12. The fourth-order valence-electron chi connectivity index (χ4n) is 6.44. The van der Waals surface area contributed by atoms with E-state index in [1.54, 1.807) is 0 Å². The van der Waals surface area contributed by atoms with Gasteiger partial charge in [-0.25, -0.2) is 17.6 Å². The first-order valence-corrected chi connectivity index (χ1v) is 12.9. The van der Waals surface area contributed by atoms with Gasteiger partial charge in [-0.05, 0) is 51.4 Å². The van der Waals surface area contributed by atoms with Gasteiger partial charge in [0.15, 0.2) is 23.3 Å². The monoisotopic (exact) mass is 476 g/mol. The Bertz CT molecular complexity index is 927. The summed E-state index contributed by atoms with van der Waals surface area (Å²) in [7, 11) is 0. The molecule has 0 aromatic heterocycles. The number of hydrogen-bond acceptors (Lipinski definition) is 4. The minimum atomic E-state index is -0.815. The highest BCUT2D eigenvalue weighted by Gasteiger charge is 2.37. The zero-order valence-electron chi connectivity index (χ0n) is 19.6. The number of nitrogens with zero attached hydrogens (tertiary/aromatic N) is 4. The van der Waals surface area contributed by atoms with Gasteiger partial charge in [0, 0.05) is 52.4 Å². The van der Waals surface area contributed by atoms with Crippen LogP contribution in [-0.2, 0) is 0 Å². The second kappa shape index (κ2) is 8.68. The lowest BCUT2D eigenvalue weighted by atomic mass is 10.00. The predicted octanol–water partition coefficient (Wildman–Crippen LogP) is 5.80. The van der Waals surface area contributed by atoms with Crippen molar-refractivity contribution >= 4 is 33.5 Å². The molecule has 0 aliphatic carbocycles. The second-order valence-electron chi connectivity index (χ2n) is 10.2. The van der Waals surface area contributed by atoms with Crippen molar-refractivity contribution in [2.24, 2.45) is 0 Å². The molecule has 0 spiro atoms. The third-order valence-corrected chi connectivity index (χ3v) is 8.10. The summed E-state index contributed by atoms with van der Waals surface area (Å²) in [6.45, 7) is 4.76. The van der Waals surface area contributed by atoms with Gasteiger partial charge in [0.25, 0.3) is 0 Å². The molecule has 34 heavy (non-hydrogen) atoms. The molecule has 0 atom stereocenters. The highest BCUT2D eigenvalue weighted by atomic mass is 19.1. The van der Waals surface area contributed by atoms with Gasteiger partial charge >= 0.3 is 0 Å². The Balaban J connectivity index is 1.68. The summed E-state index contributed by atoms with van der Waals surface area (Å²) < 4.78 is 65.4. The standard InChI is InChI=1S/C26H32F4N4/c27-19-17-18(20(28)24(32-11-3-4-12-32)23(19)31-9-1-2-10-31)22(30)26(34-15-7-8-16-34)25(21(17)29)33-13-5-6-14-33/h1-16H2. The molecule has 0 unspecified atom stereocenters. The van der Waals surface area contributed by atoms with Crippen molar-refractivity contribution in [3.63, 3.8) is 0 Å². The fourth-order valence-corrected chi connectivity index (χ4v) is 6.44. The molecule has 4 aliphatic heterocycles. The van der Waals surface area contributed by atoms with Crippen molar-refractivity contribution in [2.75, 3.05) is 72.0 Å². The lowest BCUT2D eigenvalue weighted by molar-refractivity contribution is 0.573. The van der Waals surface area contributed by atoms with E-state index in [0.717, 1.165) is 51.4 Å². The van der Waals surface area contributed by atoms with Crippen LogP contribution in [0.15, 0.2) is 0 Å². The number of halogens is 4. The summed E-state index contributed by atoms with van der Waals surface area (Å²) in [5.74, 6) is -3.26. The fraction of sp³-hybridized carbons (Fsp3) is 0.615. The Morgan fingerprint density at radius 2 is 0.500 bits per heavy atom. The van der Waals surface area contributed by atoms with Crippen molar-refractivity contribution < 1.29 is 17.6 Å². The van der Waals surface area contributed by atoms with Crippen LogP contribution < -0.4 is 19.6 Å². The Kier molecular flexibility index (Phi) is 5.65. The van der Waals surface area contributed by atoms with Crippen molar-refractivity contribution in [2.45, 2.75) is 51.4 Å². The average Bonchev–Trinajstić information content (AvgIpc) is 3.64. The maximum Gasteiger partial charge on any atom is 0.159 e. The Hall–Kier alpha value is -2.38. The molecule has 8 heteroatoms. The zero-order chi connectivity index (χ0) is 23.4. The topological polar surface area (TPSA) is 13.0 Å². The summed E-state index contributed by atoms with van der Waals surface area (Å²) in [5, 5.41) is -1.05. The van der Waals surface area contributed by atoms with Gasteiger partial charge in [0.1, 0.15) is 22.7 Å². The number of anilines is 4. The second-order valence-corrected chi connectivity index (χ2v) is 10.2. The van der Waals surface area contributed by atoms with Gasteiger partial charge in [-0.3, -0.25) is 0 Å². The molecule has 4 heterocycles. The molecule has 0 saturated carbocycles. The molecule has 6 rings (SSSR count). The average molecular weight is 477 g/mol. The first kappa shape index (κ1) is 22.1. The largest absolute Gasteiger partial charge is 0.367 e. The molecule has 2 aromatic carbocycles.